The van der Waals surface area contributed by atoms with Crippen molar-refractivity contribution in [2.24, 2.45) is 5.73 Å². The van der Waals surface area contributed by atoms with Crippen LogP contribution in [0.15, 0.2) is 37.1 Å². The fraction of sp³-hybridized carbons (Fsp3) is 0.500. The normalized spacial score (nSPS) is 18.8. The molecule has 4 rings (SSSR count). The summed E-state index contributed by atoms with van der Waals surface area (Å²) in [6.45, 7) is 14.9. The third-order valence-electron chi connectivity index (χ3n) is 6.35. The lowest BCUT2D eigenvalue weighted by molar-refractivity contribution is 0.182. The highest BCUT2D eigenvalue weighted by atomic mass is 35.5. The molecule has 5 heteroatoms. The summed E-state index contributed by atoms with van der Waals surface area (Å²) in [4.78, 5) is 9.55. The first kappa shape index (κ1) is 23.8. The Hall–Kier alpha value is -1.88. The van der Waals surface area contributed by atoms with Gasteiger partial charge in [-0.25, -0.2) is 0 Å². The van der Waals surface area contributed by atoms with E-state index in [1.807, 2.05) is 24.3 Å². The number of hydrogen-bond donors (Lipinski definition) is 1. The standard InChI is InChI=1S/C15H15ClN2.C11H22N2/c1-2-9-3-5-11-14(7-9)18-13-6-4-10(17)8-12(13)15(11)16;1-4-5-6-11(2)13-9-7-12(3)8-10-13/h2-3,5,7,10H,1,4,6,8,17H2;2,4-10H2,1,3H3. The predicted octanol–water partition coefficient (Wildman–Crippen LogP) is 5.28. The molecule has 168 valence electrons. The van der Waals surface area contributed by atoms with E-state index in [9.17, 15) is 0 Å². The number of allylic oxidation sites excluding steroid dienone is 1. The highest BCUT2D eigenvalue weighted by molar-refractivity contribution is 6.36. The maximum absolute atomic E-state index is 6.50. The minimum atomic E-state index is 0.210. The van der Waals surface area contributed by atoms with Gasteiger partial charge in [0.05, 0.1) is 10.5 Å². The number of nitrogens with two attached hydrogens (primary N) is 1. The molecule has 1 aromatic carbocycles. The van der Waals surface area contributed by atoms with Gasteiger partial charge in [-0.05, 0) is 56.3 Å². The predicted molar refractivity (Wildman–Crippen MR) is 135 cm³/mol. The molecule has 0 saturated carbocycles. The van der Waals surface area contributed by atoms with Crippen LogP contribution in [0.5, 0.6) is 0 Å². The summed E-state index contributed by atoms with van der Waals surface area (Å²) < 4.78 is 0. The molecule has 1 aromatic heterocycles. The van der Waals surface area contributed by atoms with Crippen LogP contribution in [0.3, 0.4) is 0 Å². The van der Waals surface area contributed by atoms with Gasteiger partial charge in [-0.3, -0.25) is 4.98 Å². The Labute approximate surface area is 192 Å². The second kappa shape index (κ2) is 11.1. The molecule has 1 aliphatic carbocycles. The summed E-state index contributed by atoms with van der Waals surface area (Å²) in [6, 6.07) is 6.27. The van der Waals surface area contributed by atoms with Crippen LogP contribution in [-0.2, 0) is 12.8 Å². The molecule has 0 bridgehead atoms. The Morgan fingerprint density at radius 1 is 1.29 bits per heavy atom. The average Bonchev–Trinajstić information content (AvgIpc) is 2.78. The topological polar surface area (TPSA) is 45.4 Å². The molecule has 1 aliphatic heterocycles. The Bertz CT molecular complexity index is 915. The van der Waals surface area contributed by atoms with Crippen LogP contribution in [0.4, 0.5) is 0 Å². The van der Waals surface area contributed by atoms with Crippen molar-refractivity contribution in [2.75, 3.05) is 33.2 Å². The van der Waals surface area contributed by atoms with Gasteiger partial charge >= 0.3 is 0 Å². The zero-order valence-electron chi connectivity index (χ0n) is 19.2. The van der Waals surface area contributed by atoms with Crippen molar-refractivity contribution in [2.45, 2.75) is 51.5 Å². The summed E-state index contributed by atoms with van der Waals surface area (Å²) in [5, 5.41) is 1.83. The second-order valence-corrected chi connectivity index (χ2v) is 9.17. The lowest BCUT2D eigenvalue weighted by Crippen LogP contribution is -2.43. The molecule has 0 spiro atoms. The average molecular weight is 441 g/mol. The summed E-state index contributed by atoms with van der Waals surface area (Å²) >= 11 is 6.50. The van der Waals surface area contributed by atoms with Crippen molar-refractivity contribution in [1.29, 1.82) is 0 Å². The first-order valence-electron chi connectivity index (χ1n) is 11.5. The minimum Gasteiger partial charge on any atom is -0.373 e. The smallest absolute Gasteiger partial charge is 0.0726 e. The van der Waals surface area contributed by atoms with Gasteiger partial charge in [-0.2, -0.15) is 0 Å². The molecule has 2 N–H and O–H groups in total. The molecule has 31 heavy (non-hydrogen) atoms. The second-order valence-electron chi connectivity index (χ2n) is 8.79. The van der Waals surface area contributed by atoms with E-state index in [4.69, 9.17) is 22.3 Å². The quantitative estimate of drug-likeness (QED) is 0.686. The molecule has 1 saturated heterocycles. The van der Waals surface area contributed by atoms with Crippen LogP contribution in [-0.4, -0.2) is 54.1 Å². The van der Waals surface area contributed by atoms with Gasteiger partial charge in [-0.15, -0.1) is 0 Å². The fourth-order valence-corrected chi connectivity index (χ4v) is 4.56. The third-order valence-corrected chi connectivity index (χ3v) is 6.78. The van der Waals surface area contributed by atoms with Gasteiger partial charge in [0.15, 0.2) is 0 Å². The zero-order valence-corrected chi connectivity index (χ0v) is 19.9. The number of hydrogen-bond acceptors (Lipinski definition) is 4. The fourth-order valence-electron chi connectivity index (χ4n) is 4.22. The number of aromatic nitrogens is 1. The van der Waals surface area contributed by atoms with E-state index in [1.54, 1.807) is 0 Å². The number of piperazine rings is 1. The van der Waals surface area contributed by atoms with Crippen LogP contribution in [0.1, 0.15) is 49.4 Å². The van der Waals surface area contributed by atoms with E-state index in [-0.39, 0.29) is 6.04 Å². The van der Waals surface area contributed by atoms with Crippen LogP contribution in [0.25, 0.3) is 17.0 Å². The Morgan fingerprint density at radius 3 is 2.71 bits per heavy atom. The highest BCUT2D eigenvalue weighted by Gasteiger charge is 2.21. The van der Waals surface area contributed by atoms with Gasteiger partial charge in [-0.1, -0.05) is 56.3 Å². The lowest BCUT2D eigenvalue weighted by Gasteiger charge is -2.35. The third kappa shape index (κ3) is 6.09. The van der Waals surface area contributed by atoms with E-state index in [0.717, 1.165) is 52.0 Å². The summed E-state index contributed by atoms with van der Waals surface area (Å²) in [5.74, 6) is 0. The minimum absolute atomic E-state index is 0.210. The zero-order chi connectivity index (χ0) is 22.4. The van der Waals surface area contributed by atoms with Crippen LogP contribution >= 0.6 is 11.6 Å². The van der Waals surface area contributed by atoms with Gasteiger partial charge in [0.1, 0.15) is 0 Å². The Balaban J connectivity index is 0.000000187. The Kier molecular flexibility index (Phi) is 8.53. The highest BCUT2D eigenvalue weighted by Crippen LogP contribution is 2.33. The number of fused-ring (bicyclic) bond motifs is 2. The number of benzene rings is 1. The molecule has 1 atom stereocenters. The van der Waals surface area contributed by atoms with Gasteiger partial charge in [0.25, 0.3) is 0 Å². The SMILES string of the molecule is C=C(CCCC)N1CCN(C)CC1.C=Cc1ccc2c(Cl)c3c(nc2c1)CCC(N)C3. The van der Waals surface area contributed by atoms with Crippen LogP contribution in [0.2, 0.25) is 5.02 Å². The van der Waals surface area contributed by atoms with E-state index in [2.05, 4.69) is 36.9 Å². The number of rotatable bonds is 5. The molecule has 2 aromatic rings. The lowest BCUT2D eigenvalue weighted by atomic mass is 9.91. The van der Waals surface area contributed by atoms with E-state index < -0.39 is 0 Å². The van der Waals surface area contributed by atoms with Crippen molar-refractivity contribution < 1.29 is 0 Å². The van der Waals surface area contributed by atoms with E-state index >= 15 is 0 Å². The summed E-state index contributed by atoms with van der Waals surface area (Å²) in [6.07, 6.45) is 8.30. The molecule has 2 aliphatic rings. The van der Waals surface area contributed by atoms with Gasteiger partial charge < -0.3 is 15.5 Å². The van der Waals surface area contributed by atoms with Gasteiger partial charge in [0, 0.05) is 49.0 Å². The van der Waals surface area contributed by atoms with Crippen molar-refractivity contribution >= 4 is 28.6 Å². The number of pyridine rings is 1. The monoisotopic (exact) mass is 440 g/mol. The molecule has 4 nitrogen and oxygen atoms in total. The molecular formula is C26H37ClN4. The van der Waals surface area contributed by atoms with Crippen LogP contribution in [0, 0.1) is 0 Å². The number of unbranched alkanes of at least 4 members (excludes halogenated alkanes) is 1. The molecule has 2 heterocycles. The molecule has 0 amide bonds. The van der Waals surface area contributed by atoms with E-state index in [1.165, 1.54) is 51.1 Å². The van der Waals surface area contributed by atoms with Crippen molar-refractivity contribution in [3.8, 4) is 0 Å². The molecule has 0 radical (unpaired) electrons. The Morgan fingerprint density at radius 2 is 2.03 bits per heavy atom. The number of likely N-dealkylation sites (N-methyl/N-ethyl adjacent to an activating group) is 1. The first-order chi connectivity index (χ1) is 14.9. The maximum Gasteiger partial charge on any atom is 0.0726 e. The maximum atomic E-state index is 6.50. The van der Waals surface area contributed by atoms with Gasteiger partial charge in [0.2, 0.25) is 0 Å². The van der Waals surface area contributed by atoms with Crippen molar-refractivity contribution in [3.63, 3.8) is 0 Å². The molecule has 1 fully saturated rings. The largest absolute Gasteiger partial charge is 0.373 e. The number of halogens is 1. The van der Waals surface area contributed by atoms with Crippen molar-refractivity contribution in [1.82, 2.24) is 14.8 Å². The van der Waals surface area contributed by atoms with E-state index in [0.29, 0.717) is 0 Å². The first-order valence-corrected chi connectivity index (χ1v) is 11.9. The van der Waals surface area contributed by atoms with Crippen molar-refractivity contribution in [3.05, 3.63) is 58.9 Å². The molecular weight excluding hydrogens is 404 g/mol. The number of aryl methyl sites for hydroxylation is 1. The summed E-state index contributed by atoms with van der Waals surface area (Å²) in [5.41, 5.74) is 11.6. The number of nitrogens with zero attached hydrogens (tertiary/aromatic N) is 3. The molecule has 1 unspecified atom stereocenters. The van der Waals surface area contributed by atoms with Crippen LogP contribution < -0.4 is 5.73 Å². The summed E-state index contributed by atoms with van der Waals surface area (Å²) in [7, 11) is 2.19.